The standard InChI is InChI=1S/C12H18N2O3.H3O4P/c13-7-2-1-5-9(14)11(16)8-4-3-6-10(15)12(8)17;1-5(2,3)4/h3-4,6,9,15,17H,1-2,5,7,13-14H2;(H3,1,2,3,4)/t9-;/m0./s1. The van der Waals surface area contributed by atoms with E-state index in [0.717, 1.165) is 12.8 Å². The van der Waals surface area contributed by atoms with Gasteiger partial charge in [-0.15, -0.1) is 0 Å². The van der Waals surface area contributed by atoms with Gasteiger partial charge >= 0.3 is 7.82 Å². The number of unbranched alkanes of at least 4 members (excludes halogenated alkanes) is 1. The lowest BCUT2D eigenvalue weighted by atomic mass is 9.99. The summed E-state index contributed by atoms with van der Waals surface area (Å²) in [6.07, 6.45) is 2.10. The van der Waals surface area contributed by atoms with Crippen LogP contribution in [0.15, 0.2) is 18.2 Å². The second-order valence-electron chi connectivity index (χ2n) is 4.44. The SMILES string of the molecule is NCCCC[C@H](N)C(=O)c1cccc(O)c1O.O=P(O)(O)O. The number of nitrogens with two attached hydrogens (primary N) is 2. The number of phenols is 2. The van der Waals surface area contributed by atoms with Gasteiger partial charge in [-0.3, -0.25) is 4.79 Å². The molecular weight excluding hydrogens is 315 g/mol. The summed E-state index contributed by atoms with van der Waals surface area (Å²) in [6, 6.07) is 3.58. The third-order valence-corrected chi connectivity index (χ3v) is 2.59. The summed E-state index contributed by atoms with van der Waals surface area (Å²) in [5.41, 5.74) is 11.1. The third kappa shape index (κ3) is 8.73. The van der Waals surface area contributed by atoms with Gasteiger partial charge in [0.2, 0.25) is 0 Å². The van der Waals surface area contributed by atoms with Crippen LogP contribution in [0.1, 0.15) is 29.6 Å². The smallest absolute Gasteiger partial charge is 0.466 e. The number of hydrogen-bond acceptors (Lipinski definition) is 6. The molecule has 10 heteroatoms. The van der Waals surface area contributed by atoms with Crippen LogP contribution >= 0.6 is 7.82 Å². The zero-order chi connectivity index (χ0) is 17.3. The quantitative estimate of drug-likeness (QED) is 0.160. The Morgan fingerprint density at radius 2 is 1.73 bits per heavy atom. The van der Waals surface area contributed by atoms with Crippen molar-refractivity contribution in [2.75, 3.05) is 6.54 Å². The first-order valence-corrected chi connectivity index (χ1v) is 7.93. The maximum atomic E-state index is 11.9. The fourth-order valence-corrected chi connectivity index (χ4v) is 1.57. The van der Waals surface area contributed by atoms with Crippen LogP contribution in [-0.2, 0) is 4.57 Å². The van der Waals surface area contributed by atoms with E-state index < -0.39 is 19.6 Å². The van der Waals surface area contributed by atoms with Gasteiger partial charge in [-0.25, -0.2) is 4.57 Å². The van der Waals surface area contributed by atoms with E-state index in [1.165, 1.54) is 18.2 Å². The fraction of sp³-hybridized carbons (Fsp3) is 0.417. The summed E-state index contributed by atoms with van der Waals surface area (Å²) in [4.78, 5) is 33.4. The normalized spacial score (nSPS) is 12.2. The highest BCUT2D eigenvalue weighted by molar-refractivity contribution is 7.45. The minimum absolute atomic E-state index is 0.0604. The highest BCUT2D eigenvalue weighted by atomic mass is 31.2. The molecule has 1 aromatic carbocycles. The van der Waals surface area contributed by atoms with Crippen LogP contribution in [-0.4, -0.2) is 43.3 Å². The number of carbonyl (C=O) groups excluding carboxylic acids is 1. The first-order valence-electron chi connectivity index (χ1n) is 6.37. The van der Waals surface area contributed by atoms with E-state index in [0.29, 0.717) is 13.0 Å². The van der Waals surface area contributed by atoms with E-state index in [9.17, 15) is 15.0 Å². The number of benzene rings is 1. The molecule has 0 saturated carbocycles. The molecule has 126 valence electrons. The van der Waals surface area contributed by atoms with Crippen molar-refractivity contribution in [1.82, 2.24) is 0 Å². The number of hydrogen-bond donors (Lipinski definition) is 7. The van der Waals surface area contributed by atoms with Gasteiger partial charge in [-0.2, -0.15) is 0 Å². The molecule has 0 spiro atoms. The fourth-order valence-electron chi connectivity index (χ4n) is 1.57. The Labute approximate surface area is 127 Å². The van der Waals surface area contributed by atoms with Crippen molar-refractivity contribution in [3.05, 3.63) is 23.8 Å². The lowest BCUT2D eigenvalue weighted by molar-refractivity contribution is 0.0952. The van der Waals surface area contributed by atoms with Gasteiger partial charge in [-0.05, 0) is 31.5 Å². The Balaban J connectivity index is 0.000000763. The van der Waals surface area contributed by atoms with Gasteiger partial charge in [0.1, 0.15) is 0 Å². The maximum absolute atomic E-state index is 11.9. The second kappa shape index (κ2) is 9.52. The van der Waals surface area contributed by atoms with Crippen LogP contribution < -0.4 is 11.5 Å². The van der Waals surface area contributed by atoms with Crippen LogP contribution in [0.3, 0.4) is 0 Å². The van der Waals surface area contributed by atoms with E-state index in [2.05, 4.69) is 0 Å². The van der Waals surface area contributed by atoms with Gasteiger partial charge in [0, 0.05) is 0 Å². The monoisotopic (exact) mass is 336 g/mol. The molecule has 0 unspecified atom stereocenters. The number of aromatic hydroxyl groups is 2. The van der Waals surface area contributed by atoms with E-state index in [1.807, 2.05) is 0 Å². The van der Waals surface area contributed by atoms with E-state index in [4.69, 9.17) is 30.7 Å². The molecule has 0 bridgehead atoms. The Bertz CT molecular complexity index is 524. The summed E-state index contributed by atoms with van der Waals surface area (Å²) in [7, 11) is -4.64. The zero-order valence-corrected chi connectivity index (χ0v) is 12.7. The number of rotatable bonds is 6. The number of para-hydroxylation sites is 1. The van der Waals surface area contributed by atoms with Crippen LogP contribution in [0.25, 0.3) is 0 Å². The molecule has 0 heterocycles. The molecule has 0 aliphatic rings. The molecular formula is C12H21N2O7P. The van der Waals surface area contributed by atoms with Crippen molar-refractivity contribution in [3.8, 4) is 11.5 Å². The first-order chi connectivity index (χ1) is 10.1. The molecule has 0 aliphatic heterocycles. The van der Waals surface area contributed by atoms with E-state index >= 15 is 0 Å². The molecule has 0 saturated heterocycles. The molecule has 9 N–H and O–H groups in total. The lowest BCUT2D eigenvalue weighted by Crippen LogP contribution is -2.30. The van der Waals surface area contributed by atoms with Crippen molar-refractivity contribution in [3.63, 3.8) is 0 Å². The van der Waals surface area contributed by atoms with Crippen LogP contribution in [0.4, 0.5) is 0 Å². The molecule has 0 aliphatic carbocycles. The zero-order valence-electron chi connectivity index (χ0n) is 11.8. The van der Waals surface area contributed by atoms with Crippen molar-refractivity contribution in [1.29, 1.82) is 0 Å². The topological polar surface area (TPSA) is 187 Å². The molecule has 0 amide bonds. The number of ketones is 1. The number of carbonyl (C=O) groups is 1. The minimum Gasteiger partial charge on any atom is -0.504 e. The van der Waals surface area contributed by atoms with E-state index in [1.54, 1.807) is 0 Å². The van der Waals surface area contributed by atoms with Crippen LogP contribution in [0, 0.1) is 0 Å². The summed E-state index contributed by atoms with van der Waals surface area (Å²) in [5.74, 6) is -1.09. The molecule has 0 fully saturated rings. The number of phenolic OH excluding ortho intramolecular Hbond substituents is 2. The van der Waals surface area contributed by atoms with E-state index in [-0.39, 0.29) is 17.1 Å². The molecule has 22 heavy (non-hydrogen) atoms. The molecule has 1 rings (SSSR count). The number of Topliss-reactive ketones (excluding diaryl/α,β-unsaturated/α-hetero) is 1. The van der Waals surface area contributed by atoms with Crippen molar-refractivity contribution < 1.29 is 34.3 Å². The van der Waals surface area contributed by atoms with Crippen molar-refractivity contribution in [2.45, 2.75) is 25.3 Å². The maximum Gasteiger partial charge on any atom is 0.466 e. The molecule has 9 nitrogen and oxygen atoms in total. The Kier molecular flexibility index (Phi) is 8.88. The average molecular weight is 336 g/mol. The van der Waals surface area contributed by atoms with Gasteiger partial charge in [0.15, 0.2) is 17.3 Å². The Hall–Kier alpha value is -1.48. The van der Waals surface area contributed by atoms with Crippen LogP contribution in [0.2, 0.25) is 0 Å². The van der Waals surface area contributed by atoms with Crippen molar-refractivity contribution >= 4 is 13.6 Å². The number of phosphoric acid groups is 1. The average Bonchev–Trinajstić information content (AvgIpc) is 2.39. The highest BCUT2D eigenvalue weighted by Crippen LogP contribution is 2.29. The van der Waals surface area contributed by atoms with Gasteiger partial charge in [0.25, 0.3) is 0 Å². The lowest BCUT2D eigenvalue weighted by Gasteiger charge is -2.11. The van der Waals surface area contributed by atoms with Gasteiger partial charge < -0.3 is 36.4 Å². The predicted molar refractivity (Wildman–Crippen MR) is 79.2 cm³/mol. The molecule has 1 atom stereocenters. The second-order valence-corrected chi connectivity index (χ2v) is 5.47. The minimum atomic E-state index is -4.64. The predicted octanol–water partition coefficient (Wildman–Crippen LogP) is -0.192. The molecule has 0 radical (unpaired) electrons. The highest BCUT2D eigenvalue weighted by Gasteiger charge is 2.19. The van der Waals surface area contributed by atoms with Crippen molar-refractivity contribution in [2.24, 2.45) is 11.5 Å². The summed E-state index contributed by atoms with van der Waals surface area (Å²) < 4.78 is 8.88. The summed E-state index contributed by atoms with van der Waals surface area (Å²) >= 11 is 0. The molecule has 0 aromatic heterocycles. The van der Waals surface area contributed by atoms with Gasteiger partial charge in [0.05, 0.1) is 11.6 Å². The Morgan fingerprint density at radius 1 is 1.18 bits per heavy atom. The first kappa shape index (κ1) is 20.5. The van der Waals surface area contributed by atoms with Crippen LogP contribution in [0.5, 0.6) is 11.5 Å². The summed E-state index contributed by atoms with van der Waals surface area (Å²) in [6.45, 7) is 0.568. The largest absolute Gasteiger partial charge is 0.504 e. The summed E-state index contributed by atoms with van der Waals surface area (Å²) in [5, 5.41) is 18.8. The van der Waals surface area contributed by atoms with Gasteiger partial charge in [-0.1, -0.05) is 12.5 Å². The molecule has 1 aromatic rings. The third-order valence-electron chi connectivity index (χ3n) is 2.59. The Morgan fingerprint density at radius 3 is 2.23 bits per heavy atom.